The zero-order valence-electron chi connectivity index (χ0n) is 18.0. The lowest BCUT2D eigenvalue weighted by molar-refractivity contribution is 0.160. The predicted molar refractivity (Wildman–Crippen MR) is 125 cm³/mol. The van der Waals surface area contributed by atoms with Crippen LogP contribution in [0.1, 0.15) is 29.0 Å². The zero-order chi connectivity index (χ0) is 22.5. The summed E-state index contributed by atoms with van der Waals surface area (Å²) in [4.78, 5) is 6.86. The first-order chi connectivity index (χ1) is 14.7. The maximum absolute atomic E-state index is 10.5. The number of thiazole rings is 1. The van der Waals surface area contributed by atoms with E-state index in [4.69, 9.17) is 4.55 Å². The second kappa shape index (κ2) is 10.0. The summed E-state index contributed by atoms with van der Waals surface area (Å²) in [5.74, 6) is 0. The van der Waals surface area contributed by atoms with Gasteiger partial charge in [0.05, 0.1) is 16.5 Å². The topological polar surface area (TPSA) is 82.5 Å². The Kier molecular flexibility index (Phi) is 7.61. The van der Waals surface area contributed by atoms with Gasteiger partial charge in [-0.3, -0.25) is 9.45 Å². The first-order valence-electron chi connectivity index (χ1n) is 10.1. The van der Waals surface area contributed by atoms with Gasteiger partial charge in [0.25, 0.3) is 10.1 Å². The molecule has 2 atom stereocenters. The molecular formula is C23H29N3O3S2. The van der Waals surface area contributed by atoms with E-state index in [-0.39, 0.29) is 10.3 Å². The molecule has 2 unspecified atom stereocenters. The molecule has 166 valence electrons. The van der Waals surface area contributed by atoms with Gasteiger partial charge in [-0.2, -0.15) is 8.42 Å². The molecule has 0 radical (unpaired) electrons. The van der Waals surface area contributed by atoms with E-state index in [2.05, 4.69) is 65.0 Å². The molecule has 0 saturated carbocycles. The average molecular weight is 460 g/mol. The van der Waals surface area contributed by atoms with Gasteiger partial charge in [-0.05, 0) is 58.1 Å². The molecule has 1 fully saturated rings. The van der Waals surface area contributed by atoms with Crippen molar-refractivity contribution in [2.75, 3.05) is 20.6 Å². The molecule has 0 spiro atoms. The van der Waals surface area contributed by atoms with Gasteiger partial charge < -0.3 is 5.32 Å². The Balaban J connectivity index is 0.000000210. The zero-order valence-corrected chi connectivity index (χ0v) is 19.7. The van der Waals surface area contributed by atoms with Crippen LogP contribution in [-0.2, 0) is 15.5 Å². The van der Waals surface area contributed by atoms with Gasteiger partial charge in [-0.15, -0.1) is 11.3 Å². The maximum atomic E-state index is 10.5. The number of hydrogen-bond donors (Lipinski definition) is 2. The second-order valence-corrected chi connectivity index (χ2v) is 10.3. The fourth-order valence-electron chi connectivity index (χ4n) is 3.83. The van der Waals surface area contributed by atoms with E-state index >= 15 is 0 Å². The van der Waals surface area contributed by atoms with Crippen LogP contribution < -0.4 is 5.32 Å². The monoisotopic (exact) mass is 459 g/mol. The fraction of sp³-hybridized carbons (Fsp3) is 0.348. The summed E-state index contributed by atoms with van der Waals surface area (Å²) in [5, 5.41) is 6.95. The van der Waals surface area contributed by atoms with Gasteiger partial charge in [0, 0.05) is 11.6 Å². The minimum absolute atomic E-state index is 0.0512. The lowest BCUT2D eigenvalue weighted by Crippen LogP contribution is -2.52. The number of hydrogen-bond acceptors (Lipinski definition) is 6. The molecule has 31 heavy (non-hydrogen) atoms. The van der Waals surface area contributed by atoms with Crippen LogP contribution in [0.2, 0.25) is 0 Å². The molecule has 2 aromatic carbocycles. The van der Waals surface area contributed by atoms with Gasteiger partial charge in [0.1, 0.15) is 5.01 Å². The normalized spacial score (nSPS) is 21.4. The van der Waals surface area contributed by atoms with Crippen molar-refractivity contribution in [2.24, 2.45) is 0 Å². The number of benzene rings is 2. The summed E-state index contributed by atoms with van der Waals surface area (Å²) >= 11 is 1.78. The van der Waals surface area contributed by atoms with Gasteiger partial charge in [-0.1, -0.05) is 48.0 Å². The molecule has 4 rings (SSSR count). The number of aryl methyl sites for hydroxylation is 1. The van der Waals surface area contributed by atoms with Crippen molar-refractivity contribution in [3.05, 3.63) is 82.3 Å². The Labute approximate surface area is 188 Å². The van der Waals surface area contributed by atoms with Crippen molar-refractivity contribution >= 4 is 21.5 Å². The highest BCUT2D eigenvalue weighted by molar-refractivity contribution is 7.85. The lowest BCUT2D eigenvalue weighted by atomic mass is 9.72. The number of rotatable bonds is 4. The van der Waals surface area contributed by atoms with Crippen molar-refractivity contribution < 1.29 is 13.0 Å². The van der Waals surface area contributed by atoms with Gasteiger partial charge in [0.15, 0.2) is 0 Å². The van der Waals surface area contributed by atoms with Crippen molar-refractivity contribution in [1.29, 1.82) is 0 Å². The molecule has 2 heterocycles. The van der Waals surface area contributed by atoms with Gasteiger partial charge in [-0.25, -0.2) is 4.98 Å². The molecule has 3 aromatic rings. The Morgan fingerprint density at radius 3 is 2.35 bits per heavy atom. The second-order valence-electron chi connectivity index (χ2n) is 7.96. The molecule has 0 aliphatic carbocycles. The molecule has 1 saturated heterocycles. The van der Waals surface area contributed by atoms with Crippen LogP contribution in [-0.4, -0.2) is 49.7 Å². The molecular weight excluding hydrogens is 430 g/mol. The third-order valence-corrected chi connectivity index (χ3v) is 7.43. The molecule has 6 nitrogen and oxygen atoms in total. The fourth-order valence-corrected chi connectivity index (χ4v) is 5.21. The van der Waals surface area contributed by atoms with Crippen molar-refractivity contribution in [3.8, 4) is 0 Å². The quantitative estimate of drug-likeness (QED) is 0.575. The summed E-state index contributed by atoms with van der Waals surface area (Å²) in [6, 6.07) is 16.8. The number of aromatic nitrogens is 1. The van der Waals surface area contributed by atoms with E-state index < -0.39 is 10.1 Å². The highest BCUT2D eigenvalue weighted by Gasteiger charge is 2.41. The van der Waals surface area contributed by atoms with E-state index in [1.165, 1.54) is 22.7 Å². The van der Waals surface area contributed by atoms with Gasteiger partial charge in [0.2, 0.25) is 0 Å². The number of nitrogens with one attached hydrogen (secondary N) is 1. The van der Waals surface area contributed by atoms with Crippen molar-refractivity contribution in [1.82, 2.24) is 15.2 Å². The van der Waals surface area contributed by atoms with Crippen molar-refractivity contribution in [3.63, 3.8) is 0 Å². The third-order valence-electron chi connectivity index (χ3n) is 5.58. The smallest absolute Gasteiger partial charge is 0.294 e. The van der Waals surface area contributed by atoms with Crippen LogP contribution in [0, 0.1) is 6.92 Å². The standard InChI is InChI=1S/C16H21N3S.C7H8O3S/c1-19(2)14-12-16(8-9-17-14,15-18-10-11-20-15)13-6-4-3-5-7-13;1-6-2-4-7(5-3-6)11(8,9)10/h3-7,10-11,14,17H,8-9,12H2,1-2H3;2-5H,1H3,(H,8,9,10). The van der Waals surface area contributed by atoms with Crippen molar-refractivity contribution in [2.45, 2.75) is 36.2 Å². The lowest BCUT2D eigenvalue weighted by Gasteiger charge is -2.43. The van der Waals surface area contributed by atoms with Crippen LogP contribution in [0.5, 0.6) is 0 Å². The molecule has 2 N–H and O–H groups in total. The molecule has 0 amide bonds. The van der Waals surface area contributed by atoms with E-state index in [1.54, 1.807) is 23.5 Å². The van der Waals surface area contributed by atoms with Gasteiger partial charge >= 0.3 is 0 Å². The predicted octanol–water partition coefficient (Wildman–Crippen LogP) is 3.94. The maximum Gasteiger partial charge on any atom is 0.294 e. The summed E-state index contributed by atoms with van der Waals surface area (Å²) in [5.41, 5.74) is 2.40. The summed E-state index contributed by atoms with van der Waals surface area (Å²) < 4.78 is 29.6. The minimum Gasteiger partial charge on any atom is -0.302 e. The molecule has 8 heteroatoms. The Hall–Kier alpha value is -2.10. The van der Waals surface area contributed by atoms with E-state index in [9.17, 15) is 8.42 Å². The molecule has 1 aromatic heterocycles. The first kappa shape index (κ1) is 23.6. The Morgan fingerprint density at radius 2 is 1.81 bits per heavy atom. The first-order valence-corrected chi connectivity index (χ1v) is 12.4. The van der Waals surface area contributed by atoms with Crippen LogP contribution in [0.25, 0.3) is 0 Å². The van der Waals surface area contributed by atoms with Crippen LogP contribution in [0.4, 0.5) is 0 Å². The largest absolute Gasteiger partial charge is 0.302 e. The Morgan fingerprint density at radius 1 is 1.13 bits per heavy atom. The van der Waals surface area contributed by atoms with Crippen LogP contribution in [0.3, 0.4) is 0 Å². The summed E-state index contributed by atoms with van der Waals surface area (Å²) in [6.07, 6.45) is 4.50. The molecule has 1 aliphatic heterocycles. The molecule has 0 bridgehead atoms. The van der Waals surface area contributed by atoms with E-state index in [0.29, 0.717) is 6.17 Å². The SMILES string of the molecule is CN(C)C1CC(c2ccccc2)(c2nccs2)CCN1.Cc1ccc(S(=O)(=O)O)cc1. The number of nitrogens with zero attached hydrogens (tertiary/aromatic N) is 2. The van der Waals surface area contributed by atoms with E-state index in [0.717, 1.165) is 24.9 Å². The van der Waals surface area contributed by atoms with Crippen LogP contribution >= 0.6 is 11.3 Å². The average Bonchev–Trinajstić information content (AvgIpc) is 3.30. The Bertz CT molecular complexity index is 1050. The minimum atomic E-state index is -4.02. The van der Waals surface area contributed by atoms with Crippen LogP contribution in [0.15, 0.2) is 71.1 Å². The van der Waals surface area contributed by atoms with E-state index in [1.807, 2.05) is 13.1 Å². The number of piperidine rings is 1. The summed E-state index contributed by atoms with van der Waals surface area (Å²) in [6.45, 7) is 2.87. The highest BCUT2D eigenvalue weighted by atomic mass is 32.2. The molecule has 1 aliphatic rings. The highest BCUT2D eigenvalue weighted by Crippen LogP contribution is 2.42. The third kappa shape index (κ3) is 5.78. The summed E-state index contributed by atoms with van der Waals surface area (Å²) in [7, 11) is 0.259.